The first-order valence-corrected chi connectivity index (χ1v) is 10.3. The smallest absolute Gasteiger partial charge is 0.238 e. The first-order chi connectivity index (χ1) is 13.5. The normalized spacial score (nSPS) is 16.5. The zero-order valence-electron chi connectivity index (χ0n) is 15.6. The highest BCUT2D eigenvalue weighted by atomic mass is 32.2. The average Bonchev–Trinajstić information content (AvgIpc) is 3.04. The van der Waals surface area contributed by atoms with Gasteiger partial charge in [0.1, 0.15) is 17.0 Å². The molecule has 1 heterocycles. The van der Waals surface area contributed by atoms with E-state index in [1.807, 2.05) is 12.1 Å². The van der Waals surface area contributed by atoms with E-state index in [0.29, 0.717) is 12.1 Å². The monoisotopic (exact) mass is 404 g/mol. The quantitative estimate of drug-likeness (QED) is 0.640. The van der Waals surface area contributed by atoms with Gasteiger partial charge in [-0.15, -0.1) is 11.8 Å². The van der Waals surface area contributed by atoms with Crippen molar-refractivity contribution in [3.8, 4) is 0 Å². The molecular formula is C21H22F2N2O2S. The SMILES string of the molecule is CCCCCC(=O)Nc1ccc([C@H]2SCC(=O)N2c2ccc(F)cc2F)cc1. The van der Waals surface area contributed by atoms with Gasteiger partial charge in [-0.05, 0) is 36.2 Å². The second-order valence-corrected chi connectivity index (χ2v) is 7.72. The van der Waals surface area contributed by atoms with Gasteiger partial charge in [0.15, 0.2) is 0 Å². The zero-order valence-corrected chi connectivity index (χ0v) is 16.4. The Balaban J connectivity index is 1.73. The van der Waals surface area contributed by atoms with Gasteiger partial charge in [-0.1, -0.05) is 31.9 Å². The maximum atomic E-state index is 14.2. The third-order valence-electron chi connectivity index (χ3n) is 4.52. The largest absolute Gasteiger partial charge is 0.326 e. The van der Waals surface area contributed by atoms with Crippen molar-refractivity contribution >= 4 is 35.0 Å². The maximum Gasteiger partial charge on any atom is 0.238 e. The van der Waals surface area contributed by atoms with Crippen LogP contribution in [-0.2, 0) is 9.59 Å². The number of hydrogen-bond acceptors (Lipinski definition) is 3. The number of amides is 2. The number of anilines is 2. The third kappa shape index (κ3) is 4.70. The molecule has 2 aromatic carbocycles. The van der Waals surface area contributed by atoms with Crippen LogP contribution in [0.4, 0.5) is 20.2 Å². The van der Waals surface area contributed by atoms with Crippen molar-refractivity contribution in [1.29, 1.82) is 0 Å². The highest BCUT2D eigenvalue weighted by Gasteiger charge is 2.35. The standard InChI is InChI=1S/C21H22F2N2O2S/c1-2-3-4-5-19(26)24-16-9-6-14(7-10-16)21-25(20(27)13-28-21)18-11-8-15(22)12-17(18)23/h6-12,21H,2-5,13H2,1H3,(H,24,26)/t21-/m1/s1. The van der Waals surface area contributed by atoms with Crippen molar-refractivity contribution < 1.29 is 18.4 Å². The first-order valence-electron chi connectivity index (χ1n) is 9.28. The molecule has 1 aliphatic heterocycles. The lowest BCUT2D eigenvalue weighted by atomic mass is 10.1. The highest BCUT2D eigenvalue weighted by Crippen LogP contribution is 2.42. The molecule has 0 saturated carbocycles. The Kier molecular flexibility index (Phi) is 6.67. The number of carbonyl (C=O) groups is 2. The number of nitrogens with zero attached hydrogens (tertiary/aromatic N) is 1. The van der Waals surface area contributed by atoms with E-state index in [-0.39, 0.29) is 23.3 Å². The predicted octanol–water partition coefficient (Wildman–Crippen LogP) is 5.26. The van der Waals surface area contributed by atoms with E-state index < -0.39 is 17.0 Å². The summed E-state index contributed by atoms with van der Waals surface area (Å²) < 4.78 is 27.4. The van der Waals surface area contributed by atoms with Crippen LogP contribution in [-0.4, -0.2) is 17.6 Å². The summed E-state index contributed by atoms with van der Waals surface area (Å²) in [4.78, 5) is 25.6. The lowest BCUT2D eigenvalue weighted by Gasteiger charge is -2.25. The summed E-state index contributed by atoms with van der Waals surface area (Å²) in [6.07, 6.45) is 3.43. The fourth-order valence-electron chi connectivity index (χ4n) is 3.10. The molecule has 0 radical (unpaired) electrons. The molecule has 1 aliphatic rings. The van der Waals surface area contributed by atoms with Crippen molar-refractivity contribution in [3.63, 3.8) is 0 Å². The zero-order chi connectivity index (χ0) is 20.1. The van der Waals surface area contributed by atoms with E-state index in [9.17, 15) is 18.4 Å². The van der Waals surface area contributed by atoms with Crippen molar-refractivity contribution in [2.45, 2.75) is 38.0 Å². The third-order valence-corrected chi connectivity index (χ3v) is 5.74. The minimum atomic E-state index is -0.767. The average molecular weight is 404 g/mol. The van der Waals surface area contributed by atoms with Gasteiger partial charge >= 0.3 is 0 Å². The number of unbranched alkanes of at least 4 members (excludes halogenated alkanes) is 2. The molecule has 0 spiro atoms. The van der Waals surface area contributed by atoms with Crippen molar-refractivity contribution in [3.05, 3.63) is 59.7 Å². The molecule has 0 aliphatic carbocycles. The van der Waals surface area contributed by atoms with Crippen LogP contribution in [0.3, 0.4) is 0 Å². The van der Waals surface area contributed by atoms with E-state index in [2.05, 4.69) is 12.2 Å². The molecule has 1 saturated heterocycles. The molecule has 0 unspecified atom stereocenters. The minimum Gasteiger partial charge on any atom is -0.326 e. The van der Waals surface area contributed by atoms with E-state index in [4.69, 9.17) is 0 Å². The number of rotatable bonds is 7. The molecule has 148 valence electrons. The summed E-state index contributed by atoms with van der Waals surface area (Å²) in [6, 6.07) is 10.4. The van der Waals surface area contributed by atoms with Crippen LogP contribution in [0.2, 0.25) is 0 Å². The van der Waals surface area contributed by atoms with Crippen LogP contribution in [0, 0.1) is 11.6 Å². The minimum absolute atomic E-state index is 0.0263. The number of hydrogen-bond donors (Lipinski definition) is 1. The van der Waals surface area contributed by atoms with Crippen molar-refractivity contribution in [2.75, 3.05) is 16.0 Å². The van der Waals surface area contributed by atoms with Crippen LogP contribution in [0.1, 0.15) is 43.5 Å². The molecule has 2 amide bonds. The molecule has 28 heavy (non-hydrogen) atoms. The summed E-state index contributed by atoms with van der Waals surface area (Å²) in [5, 5.41) is 2.46. The van der Waals surface area contributed by atoms with Gasteiger partial charge in [0, 0.05) is 18.2 Å². The Hall–Kier alpha value is -2.41. The summed E-state index contributed by atoms with van der Waals surface area (Å²) >= 11 is 1.38. The molecule has 0 aromatic heterocycles. The molecule has 7 heteroatoms. The van der Waals surface area contributed by atoms with E-state index >= 15 is 0 Å². The Labute approximate surface area is 167 Å². The molecule has 4 nitrogen and oxygen atoms in total. The van der Waals surface area contributed by atoms with Crippen LogP contribution in [0.15, 0.2) is 42.5 Å². The Morgan fingerprint density at radius 3 is 2.61 bits per heavy atom. The number of thioether (sulfide) groups is 1. The first kappa shape index (κ1) is 20.3. The lowest BCUT2D eigenvalue weighted by Crippen LogP contribution is -2.28. The molecule has 2 aromatic rings. The van der Waals surface area contributed by atoms with E-state index in [1.54, 1.807) is 12.1 Å². The van der Waals surface area contributed by atoms with Crippen molar-refractivity contribution in [1.82, 2.24) is 0 Å². The number of halogens is 2. The molecule has 1 N–H and O–H groups in total. The molecule has 1 fully saturated rings. The fourth-order valence-corrected chi connectivity index (χ4v) is 4.27. The summed E-state index contributed by atoms with van der Waals surface area (Å²) in [5.41, 5.74) is 1.55. The van der Waals surface area contributed by atoms with Gasteiger partial charge in [0.25, 0.3) is 0 Å². The maximum absolute atomic E-state index is 14.2. The van der Waals surface area contributed by atoms with Crippen LogP contribution >= 0.6 is 11.8 Å². The summed E-state index contributed by atoms with van der Waals surface area (Å²) in [7, 11) is 0. The van der Waals surface area contributed by atoms with Crippen molar-refractivity contribution in [2.24, 2.45) is 0 Å². The van der Waals surface area contributed by atoms with Gasteiger partial charge in [0.05, 0.1) is 11.4 Å². The Morgan fingerprint density at radius 2 is 1.93 bits per heavy atom. The molecular weight excluding hydrogens is 382 g/mol. The van der Waals surface area contributed by atoms with Crippen LogP contribution in [0.25, 0.3) is 0 Å². The van der Waals surface area contributed by atoms with Gasteiger partial charge in [0.2, 0.25) is 11.8 Å². The second-order valence-electron chi connectivity index (χ2n) is 6.65. The van der Waals surface area contributed by atoms with E-state index in [1.165, 1.54) is 22.7 Å². The number of carbonyl (C=O) groups excluding carboxylic acids is 2. The van der Waals surface area contributed by atoms with Crippen LogP contribution in [0.5, 0.6) is 0 Å². The number of nitrogens with one attached hydrogen (secondary N) is 1. The van der Waals surface area contributed by atoms with Gasteiger partial charge in [-0.3, -0.25) is 14.5 Å². The lowest BCUT2D eigenvalue weighted by molar-refractivity contribution is -0.116. The second kappa shape index (κ2) is 9.19. The summed E-state index contributed by atoms with van der Waals surface area (Å²) in [6.45, 7) is 2.09. The van der Waals surface area contributed by atoms with Crippen LogP contribution < -0.4 is 10.2 Å². The predicted molar refractivity (Wildman–Crippen MR) is 108 cm³/mol. The molecule has 1 atom stereocenters. The fraction of sp³-hybridized carbons (Fsp3) is 0.333. The molecule has 0 bridgehead atoms. The van der Waals surface area contributed by atoms with Gasteiger partial charge < -0.3 is 5.32 Å². The number of benzene rings is 2. The van der Waals surface area contributed by atoms with E-state index in [0.717, 1.165) is 37.0 Å². The van der Waals surface area contributed by atoms with Gasteiger partial charge in [-0.2, -0.15) is 0 Å². The Morgan fingerprint density at radius 1 is 1.18 bits per heavy atom. The highest BCUT2D eigenvalue weighted by molar-refractivity contribution is 8.00. The topological polar surface area (TPSA) is 49.4 Å². The summed E-state index contributed by atoms with van der Waals surface area (Å²) in [5.74, 6) is -1.49. The Bertz CT molecular complexity index is 858. The molecule has 3 rings (SSSR count). The van der Waals surface area contributed by atoms with Gasteiger partial charge in [-0.25, -0.2) is 8.78 Å².